The van der Waals surface area contributed by atoms with Gasteiger partial charge in [-0.25, -0.2) is 0 Å². The van der Waals surface area contributed by atoms with Crippen LogP contribution in [0.3, 0.4) is 0 Å². The summed E-state index contributed by atoms with van der Waals surface area (Å²) < 4.78 is 0. The summed E-state index contributed by atoms with van der Waals surface area (Å²) in [7, 11) is 0. The molecule has 0 bridgehead atoms. The molecule has 2 rings (SSSR count). The zero-order valence-corrected chi connectivity index (χ0v) is 9.22. The van der Waals surface area contributed by atoms with Crippen LogP contribution >= 0.6 is 0 Å². The van der Waals surface area contributed by atoms with Gasteiger partial charge in [0.05, 0.1) is 6.61 Å². The lowest BCUT2D eigenvalue weighted by Gasteiger charge is -2.22. The van der Waals surface area contributed by atoms with E-state index in [1.807, 2.05) is 0 Å². The number of benzene rings is 1. The third-order valence-corrected chi connectivity index (χ3v) is 3.53. The summed E-state index contributed by atoms with van der Waals surface area (Å²) in [4.78, 5) is 0. The van der Waals surface area contributed by atoms with Gasteiger partial charge in [-0.1, -0.05) is 26.0 Å². The Bertz CT molecular complexity index is 364. The third-order valence-electron chi connectivity index (χ3n) is 3.53. The molecular weight excluding hydrogens is 172 g/mol. The normalized spacial score (nSPS) is 18.3. The average molecular weight is 190 g/mol. The van der Waals surface area contributed by atoms with Gasteiger partial charge in [0.2, 0.25) is 0 Å². The second-order valence-electron chi connectivity index (χ2n) is 4.93. The van der Waals surface area contributed by atoms with Crippen molar-refractivity contribution in [3.63, 3.8) is 0 Å². The molecule has 0 amide bonds. The molecule has 0 aromatic heterocycles. The Balaban J connectivity index is 2.62. The first-order chi connectivity index (χ1) is 6.56. The van der Waals surface area contributed by atoms with Gasteiger partial charge < -0.3 is 5.11 Å². The van der Waals surface area contributed by atoms with Crippen molar-refractivity contribution in [1.82, 2.24) is 0 Å². The van der Waals surface area contributed by atoms with Gasteiger partial charge >= 0.3 is 0 Å². The van der Waals surface area contributed by atoms with E-state index in [1.165, 1.54) is 29.5 Å². The maximum absolute atomic E-state index is 9.22. The van der Waals surface area contributed by atoms with Crippen molar-refractivity contribution in [2.75, 3.05) is 0 Å². The van der Waals surface area contributed by atoms with Gasteiger partial charge in [0.15, 0.2) is 0 Å². The molecule has 1 N–H and O–H groups in total. The van der Waals surface area contributed by atoms with Gasteiger partial charge in [0.25, 0.3) is 0 Å². The summed E-state index contributed by atoms with van der Waals surface area (Å²) in [5, 5.41) is 9.22. The van der Waals surface area contributed by atoms with E-state index < -0.39 is 0 Å². The fraction of sp³-hybridized carbons (Fsp3) is 0.538. The lowest BCUT2D eigenvalue weighted by atomic mass is 9.82. The predicted molar refractivity (Wildman–Crippen MR) is 58.4 cm³/mol. The highest BCUT2D eigenvalue weighted by atomic mass is 16.3. The van der Waals surface area contributed by atoms with E-state index in [0.29, 0.717) is 5.41 Å². The van der Waals surface area contributed by atoms with Crippen LogP contribution in [-0.4, -0.2) is 5.11 Å². The summed E-state index contributed by atoms with van der Waals surface area (Å²) >= 11 is 0. The molecule has 0 heterocycles. The number of fused-ring (bicyclic) bond motifs is 1. The number of hydrogen-bond acceptors (Lipinski definition) is 1. The zero-order chi connectivity index (χ0) is 10.3. The highest BCUT2D eigenvalue weighted by Gasteiger charge is 2.31. The molecule has 0 spiro atoms. The van der Waals surface area contributed by atoms with Crippen molar-refractivity contribution in [2.24, 2.45) is 0 Å². The number of aliphatic hydroxyl groups excluding tert-OH is 1. The Morgan fingerprint density at radius 2 is 2.07 bits per heavy atom. The van der Waals surface area contributed by atoms with Crippen LogP contribution in [0.15, 0.2) is 12.1 Å². The van der Waals surface area contributed by atoms with Crippen molar-refractivity contribution < 1.29 is 5.11 Å². The second kappa shape index (κ2) is 3.09. The molecule has 0 unspecified atom stereocenters. The van der Waals surface area contributed by atoms with Gasteiger partial charge in [-0.05, 0) is 47.4 Å². The molecule has 1 aliphatic carbocycles. The molecule has 1 nitrogen and oxygen atoms in total. The van der Waals surface area contributed by atoms with Crippen LogP contribution < -0.4 is 0 Å². The maximum atomic E-state index is 9.22. The SMILES string of the molecule is Cc1c(CO)ccc2c1C(C)(C)CC2. The molecule has 0 aliphatic heterocycles. The molecule has 0 saturated heterocycles. The molecule has 1 aromatic rings. The van der Waals surface area contributed by atoms with Gasteiger partial charge in [-0.15, -0.1) is 0 Å². The van der Waals surface area contributed by atoms with Crippen molar-refractivity contribution in [2.45, 2.75) is 45.6 Å². The summed E-state index contributed by atoms with van der Waals surface area (Å²) in [5.74, 6) is 0. The standard InChI is InChI=1S/C13H18O/c1-9-11(8-14)5-4-10-6-7-13(2,3)12(9)10/h4-5,14H,6-8H2,1-3H3. The van der Waals surface area contributed by atoms with Gasteiger partial charge in [-0.2, -0.15) is 0 Å². The highest BCUT2D eigenvalue weighted by Crippen LogP contribution is 2.41. The van der Waals surface area contributed by atoms with Crippen LogP contribution in [0.4, 0.5) is 0 Å². The van der Waals surface area contributed by atoms with E-state index in [0.717, 1.165) is 5.56 Å². The third kappa shape index (κ3) is 1.27. The lowest BCUT2D eigenvalue weighted by Crippen LogP contribution is -2.14. The van der Waals surface area contributed by atoms with Gasteiger partial charge in [0, 0.05) is 0 Å². The van der Waals surface area contributed by atoms with Crippen molar-refractivity contribution in [1.29, 1.82) is 0 Å². The lowest BCUT2D eigenvalue weighted by molar-refractivity contribution is 0.280. The van der Waals surface area contributed by atoms with Gasteiger partial charge in [0.1, 0.15) is 0 Å². The van der Waals surface area contributed by atoms with E-state index in [1.54, 1.807) is 0 Å². The molecule has 0 fully saturated rings. The highest BCUT2D eigenvalue weighted by molar-refractivity contribution is 5.47. The summed E-state index contributed by atoms with van der Waals surface area (Å²) in [6.07, 6.45) is 2.42. The van der Waals surface area contributed by atoms with Crippen molar-refractivity contribution in [3.05, 3.63) is 34.4 Å². The largest absolute Gasteiger partial charge is 0.392 e. The fourth-order valence-electron chi connectivity index (χ4n) is 2.70. The van der Waals surface area contributed by atoms with E-state index in [-0.39, 0.29) is 6.61 Å². The summed E-state index contributed by atoms with van der Waals surface area (Å²) in [5.41, 5.74) is 5.63. The van der Waals surface area contributed by atoms with Crippen LogP contribution in [0.25, 0.3) is 0 Å². The monoisotopic (exact) mass is 190 g/mol. The van der Waals surface area contributed by atoms with E-state index in [9.17, 15) is 5.11 Å². The quantitative estimate of drug-likeness (QED) is 0.722. The molecule has 76 valence electrons. The first-order valence-corrected chi connectivity index (χ1v) is 5.29. The van der Waals surface area contributed by atoms with Gasteiger partial charge in [-0.3, -0.25) is 0 Å². The predicted octanol–water partition coefficient (Wildman–Crippen LogP) is 2.71. The number of rotatable bonds is 1. The summed E-state index contributed by atoms with van der Waals surface area (Å²) in [6, 6.07) is 4.25. The molecule has 1 heteroatoms. The molecule has 1 aromatic carbocycles. The Morgan fingerprint density at radius 3 is 2.71 bits per heavy atom. The topological polar surface area (TPSA) is 20.2 Å². The molecule has 0 saturated carbocycles. The maximum Gasteiger partial charge on any atom is 0.0684 e. The first-order valence-electron chi connectivity index (χ1n) is 5.29. The average Bonchev–Trinajstić information content (AvgIpc) is 2.43. The van der Waals surface area contributed by atoms with E-state index in [2.05, 4.69) is 32.9 Å². The Morgan fingerprint density at radius 1 is 1.36 bits per heavy atom. The number of aryl methyl sites for hydroxylation is 1. The van der Waals surface area contributed by atoms with Crippen molar-refractivity contribution >= 4 is 0 Å². The van der Waals surface area contributed by atoms with Crippen LogP contribution in [0, 0.1) is 6.92 Å². The fourth-order valence-corrected chi connectivity index (χ4v) is 2.70. The van der Waals surface area contributed by atoms with Crippen LogP contribution in [-0.2, 0) is 18.4 Å². The van der Waals surface area contributed by atoms with Crippen LogP contribution in [0.5, 0.6) is 0 Å². The number of hydrogen-bond donors (Lipinski definition) is 1. The minimum absolute atomic E-state index is 0.162. The number of aliphatic hydroxyl groups is 1. The second-order valence-corrected chi connectivity index (χ2v) is 4.93. The molecule has 14 heavy (non-hydrogen) atoms. The van der Waals surface area contributed by atoms with Crippen LogP contribution in [0.2, 0.25) is 0 Å². The molecule has 0 atom stereocenters. The van der Waals surface area contributed by atoms with E-state index in [4.69, 9.17) is 0 Å². The molecule has 1 aliphatic rings. The molecular formula is C13H18O. The Hall–Kier alpha value is -0.820. The minimum atomic E-state index is 0.162. The molecule has 0 radical (unpaired) electrons. The zero-order valence-electron chi connectivity index (χ0n) is 9.22. The van der Waals surface area contributed by atoms with E-state index >= 15 is 0 Å². The van der Waals surface area contributed by atoms with Crippen molar-refractivity contribution in [3.8, 4) is 0 Å². The smallest absolute Gasteiger partial charge is 0.0684 e. The Labute approximate surface area is 85.8 Å². The first kappa shape index (κ1) is 9.72. The minimum Gasteiger partial charge on any atom is -0.392 e. The Kier molecular flexibility index (Phi) is 2.15. The summed E-state index contributed by atoms with van der Waals surface area (Å²) in [6.45, 7) is 6.90. The van der Waals surface area contributed by atoms with Crippen LogP contribution in [0.1, 0.15) is 42.5 Å².